The summed E-state index contributed by atoms with van der Waals surface area (Å²) in [5, 5.41) is 5.10. The van der Waals surface area contributed by atoms with E-state index in [1.165, 1.54) is 0 Å². The molecule has 0 aliphatic rings. The second-order valence-corrected chi connectivity index (χ2v) is 6.17. The number of hydrogen-bond donors (Lipinski definition) is 0. The second kappa shape index (κ2) is 7.11. The number of fused-ring (bicyclic) bond motifs is 1. The molecule has 0 saturated carbocycles. The van der Waals surface area contributed by atoms with Gasteiger partial charge in [0, 0.05) is 12.7 Å². The Morgan fingerprint density at radius 2 is 2.08 bits per heavy atom. The van der Waals surface area contributed by atoms with Crippen LogP contribution in [0.25, 0.3) is 11.1 Å². The first-order valence-corrected chi connectivity index (χ1v) is 8.21. The predicted octanol–water partition coefficient (Wildman–Crippen LogP) is 3.64. The van der Waals surface area contributed by atoms with Crippen molar-refractivity contribution in [3.05, 3.63) is 52.3 Å². The summed E-state index contributed by atoms with van der Waals surface area (Å²) in [6, 6.07) is 8.99. The van der Waals surface area contributed by atoms with Crippen LogP contribution in [0.5, 0.6) is 5.75 Å². The molecule has 3 rings (SSSR count). The minimum Gasteiger partial charge on any atom is -0.490 e. The molecule has 0 radical (unpaired) electrons. The van der Waals surface area contributed by atoms with Gasteiger partial charge in [0.25, 0.3) is 11.6 Å². The number of ether oxygens (including phenoxy) is 1. The quantitative estimate of drug-likeness (QED) is 0.695. The van der Waals surface area contributed by atoms with Gasteiger partial charge in [0.1, 0.15) is 12.4 Å². The number of pyridine rings is 1. The number of likely N-dealkylation sites (N-methyl/N-ethyl adjacent to an activating group) is 1. The van der Waals surface area contributed by atoms with E-state index in [1.54, 1.807) is 37.1 Å². The molecule has 0 spiro atoms. The van der Waals surface area contributed by atoms with E-state index in [1.807, 2.05) is 19.1 Å². The minimum absolute atomic E-state index is 0.135. The SMILES string of the molecule is Cc1cc(C(=O)N(C)CCOc2ccccc2Cl)c2c(C)noc2n1. The van der Waals surface area contributed by atoms with Gasteiger partial charge in [0.2, 0.25) is 0 Å². The van der Waals surface area contributed by atoms with Crippen LogP contribution in [-0.4, -0.2) is 41.1 Å². The third-order valence-corrected chi connectivity index (χ3v) is 4.16. The van der Waals surface area contributed by atoms with Gasteiger partial charge >= 0.3 is 0 Å². The molecule has 0 bridgehead atoms. The molecule has 2 heterocycles. The van der Waals surface area contributed by atoms with E-state index in [2.05, 4.69) is 10.1 Å². The summed E-state index contributed by atoms with van der Waals surface area (Å²) in [4.78, 5) is 18.7. The maximum absolute atomic E-state index is 12.8. The van der Waals surface area contributed by atoms with Gasteiger partial charge in [-0.2, -0.15) is 0 Å². The predicted molar refractivity (Wildman–Crippen MR) is 95.2 cm³/mol. The molecule has 0 aliphatic carbocycles. The highest BCUT2D eigenvalue weighted by Gasteiger charge is 2.20. The molecule has 0 saturated heterocycles. The number of carbonyl (C=O) groups excluding carboxylic acids is 1. The highest BCUT2D eigenvalue weighted by atomic mass is 35.5. The number of hydrogen-bond acceptors (Lipinski definition) is 5. The summed E-state index contributed by atoms with van der Waals surface area (Å²) < 4.78 is 10.8. The molecule has 25 heavy (non-hydrogen) atoms. The van der Waals surface area contributed by atoms with E-state index in [0.717, 1.165) is 0 Å². The molecule has 7 heteroatoms. The van der Waals surface area contributed by atoms with Crippen molar-refractivity contribution in [3.8, 4) is 5.75 Å². The zero-order valence-corrected chi connectivity index (χ0v) is 15.0. The number of carbonyl (C=O) groups is 1. The highest BCUT2D eigenvalue weighted by Crippen LogP contribution is 2.24. The Bertz CT molecular complexity index is 923. The molecular weight excluding hydrogens is 342 g/mol. The second-order valence-electron chi connectivity index (χ2n) is 5.76. The molecule has 0 N–H and O–H groups in total. The van der Waals surface area contributed by atoms with Gasteiger partial charge in [0.05, 0.1) is 28.2 Å². The van der Waals surface area contributed by atoms with E-state index in [9.17, 15) is 4.79 Å². The molecule has 0 fully saturated rings. The molecule has 0 unspecified atom stereocenters. The Kier molecular flexibility index (Phi) is 4.90. The van der Waals surface area contributed by atoms with Crippen molar-refractivity contribution in [1.82, 2.24) is 15.0 Å². The molecule has 3 aromatic rings. The lowest BCUT2D eigenvalue weighted by atomic mass is 10.1. The maximum Gasteiger partial charge on any atom is 0.258 e. The first-order valence-electron chi connectivity index (χ1n) is 7.84. The van der Waals surface area contributed by atoms with Gasteiger partial charge in [0.15, 0.2) is 0 Å². The Morgan fingerprint density at radius 1 is 1.32 bits per heavy atom. The van der Waals surface area contributed by atoms with Crippen LogP contribution in [0.3, 0.4) is 0 Å². The first-order chi connectivity index (χ1) is 12.0. The summed E-state index contributed by atoms with van der Waals surface area (Å²) in [6.45, 7) is 4.35. The van der Waals surface area contributed by atoms with Crippen LogP contribution in [0.15, 0.2) is 34.9 Å². The standard InChI is InChI=1S/C18H18ClN3O3/c1-11-10-13(16-12(2)21-25-17(16)20-11)18(23)22(3)8-9-24-15-7-5-4-6-14(15)19/h4-7,10H,8-9H2,1-3H3. The van der Waals surface area contributed by atoms with Crippen molar-refractivity contribution in [1.29, 1.82) is 0 Å². The van der Waals surface area contributed by atoms with Crippen LogP contribution in [0.1, 0.15) is 21.7 Å². The lowest BCUT2D eigenvalue weighted by molar-refractivity contribution is 0.0775. The maximum atomic E-state index is 12.8. The van der Waals surface area contributed by atoms with E-state index in [-0.39, 0.29) is 5.91 Å². The van der Waals surface area contributed by atoms with Crippen molar-refractivity contribution in [2.45, 2.75) is 13.8 Å². The number of aromatic nitrogens is 2. The molecule has 130 valence electrons. The largest absolute Gasteiger partial charge is 0.490 e. The van der Waals surface area contributed by atoms with Crippen LogP contribution in [0.4, 0.5) is 0 Å². The fourth-order valence-electron chi connectivity index (χ4n) is 2.55. The zero-order valence-electron chi connectivity index (χ0n) is 14.2. The van der Waals surface area contributed by atoms with Crippen molar-refractivity contribution < 1.29 is 14.1 Å². The van der Waals surface area contributed by atoms with Crippen LogP contribution in [0, 0.1) is 13.8 Å². The molecule has 1 amide bonds. The molecule has 1 aromatic carbocycles. The summed E-state index contributed by atoms with van der Waals surface area (Å²) in [5.74, 6) is 0.464. The van der Waals surface area contributed by atoms with Gasteiger partial charge in [-0.05, 0) is 32.0 Å². The van der Waals surface area contributed by atoms with Crippen molar-refractivity contribution in [2.75, 3.05) is 20.2 Å². The van der Waals surface area contributed by atoms with Crippen LogP contribution < -0.4 is 4.74 Å². The molecular formula is C18H18ClN3O3. The monoisotopic (exact) mass is 359 g/mol. The summed E-state index contributed by atoms with van der Waals surface area (Å²) >= 11 is 6.06. The molecule has 2 aromatic heterocycles. The number of rotatable bonds is 5. The number of nitrogens with zero attached hydrogens (tertiary/aromatic N) is 3. The number of benzene rings is 1. The average Bonchev–Trinajstić information content (AvgIpc) is 2.96. The Hall–Kier alpha value is -2.60. The van der Waals surface area contributed by atoms with E-state index >= 15 is 0 Å². The zero-order chi connectivity index (χ0) is 18.0. The lowest BCUT2D eigenvalue weighted by Gasteiger charge is -2.18. The Morgan fingerprint density at radius 3 is 2.84 bits per heavy atom. The normalized spacial score (nSPS) is 10.9. The Balaban J connectivity index is 1.73. The smallest absolute Gasteiger partial charge is 0.258 e. The van der Waals surface area contributed by atoms with E-state index < -0.39 is 0 Å². The van der Waals surface area contributed by atoms with Gasteiger partial charge in [-0.15, -0.1) is 0 Å². The van der Waals surface area contributed by atoms with Gasteiger partial charge in [-0.25, -0.2) is 4.98 Å². The molecule has 6 nitrogen and oxygen atoms in total. The van der Waals surface area contributed by atoms with Crippen molar-refractivity contribution >= 4 is 28.6 Å². The van der Waals surface area contributed by atoms with E-state index in [0.29, 0.717) is 52.0 Å². The fraction of sp³-hybridized carbons (Fsp3) is 0.278. The van der Waals surface area contributed by atoms with Gasteiger partial charge in [-0.3, -0.25) is 4.79 Å². The van der Waals surface area contributed by atoms with Crippen LogP contribution in [-0.2, 0) is 0 Å². The van der Waals surface area contributed by atoms with Gasteiger partial charge < -0.3 is 14.2 Å². The minimum atomic E-state index is -0.135. The molecule has 0 atom stereocenters. The highest BCUT2D eigenvalue weighted by molar-refractivity contribution is 6.32. The number of halogens is 1. The number of para-hydroxylation sites is 1. The molecule has 0 aliphatic heterocycles. The van der Waals surface area contributed by atoms with Crippen molar-refractivity contribution in [3.63, 3.8) is 0 Å². The summed E-state index contributed by atoms with van der Waals surface area (Å²) in [6.07, 6.45) is 0. The summed E-state index contributed by atoms with van der Waals surface area (Å²) in [5.41, 5.74) is 2.25. The number of aryl methyl sites for hydroxylation is 2. The third-order valence-electron chi connectivity index (χ3n) is 3.84. The van der Waals surface area contributed by atoms with Crippen LogP contribution in [0.2, 0.25) is 5.02 Å². The lowest BCUT2D eigenvalue weighted by Crippen LogP contribution is -2.31. The first kappa shape index (κ1) is 17.2. The third kappa shape index (κ3) is 3.58. The van der Waals surface area contributed by atoms with E-state index in [4.69, 9.17) is 20.9 Å². The fourth-order valence-corrected chi connectivity index (χ4v) is 2.74. The Labute approximate surface area is 150 Å². The van der Waals surface area contributed by atoms with Gasteiger partial charge in [-0.1, -0.05) is 28.9 Å². The average molecular weight is 360 g/mol. The van der Waals surface area contributed by atoms with Crippen molar-refractivity contribution in [2.24, 2.45) is 0 Å². The summed E-state index contributed by atoms with van der Waals surface area (Å²) in [7, 11) is 1.72. The number of amides is 1. The van der Waals surface area contributed by atoms with Crippen LogP contribution >= 0.6 is 11.6 Å². The topological polar surface area (TPSA) is 68.5 Å².